The molecule has 0 atom stereocenters. The van der Waals surface area contributed by atoms with E-state index < -0.39 is 5.82 Å². The van der Waals surface area contributed by atoms with E-state index in [4.69, 9.17) is 8.94 Å². The summed E-state index contributed by atoms with van der Waals surface area (Å²) in [6.07, 6.45) is 1.19. The van der Waals surface area contributed by atoms with Gasteiger partial charge in [-0.1, -0.05) is 38.1 Å². The van der Waals surface area contributed by atoms with Gasteiger partial charge in [-0.05, 0) is 12.1 Å². The van der Waals surface area contributed by atoms with Gasteiger partial charge in [0, 0.05) is 31.2 Å². The zero-order valence-corrected chi connectivity index (χ0v) is 16.7. The second kappa shape index (κ2) is 7.42. The van der Waals surface area contributed by atoms with Gasteiger partial charge >= 0.3 is 0 Å². The van der Waals surface area contributed by atoms with Crippen LogP contribution in [0.1, 0.15) is 50.4 Å². The van der Waals surface area contributed by atoms with Gasteiger partial charge in [0.1, 0.15) is 17.3 Å². The van der Waals surface area contributed by atoms with E-state index in [2.05, 4.69) is 15.1 Å². The van der Waals surface area contributed by atoms with Crippen LogP contribution in [0.15, 0.2) is 33.2 Å². The normalized spacial score (nSPS) is 14.1. The molecule has 3 aromatic rings. The van der Waals surface area contributed by atoms with Crippen LogP contribution in [0.4, 0.5) is 4.39 Å². The Morgan fingerprint density at radius 3 is 2.79 bits per heavy atom. The molecule has 152 valence electrons. The Hall–Kier alpha value is -3.03. The standard InChI is InChI=1S/C21H23FN4O3/c1-21(2,3)20-23-15-12-26(11-10-16(15)28-20)18(27)9-8-17-24-19(25-29-17)13-6-4-5-7-14(13)22/h4-7H,8-12H2,1-3H3. The fourth-order valence-corrected chi connectivity index (χ4v) is 3.21. The van der Waals surface area contributed by atoms with Gasteiger partial charge in [-0.2, -0.15) is 4.98 Å². The van der Waals surface area contributed by atoms with E-state index in [0.29, 0.717) is 37.7 Å². The molecule has 8 heteroatoms. The van der Waals surface area contributed by atoms with Crippen molar-refractivity contribution >= 4 is 5.91 Å². The highest BCUT2D eigenvalue weighted by Gasteiger charge is 2.29. The number of oxazole rings is 1. The van der Waals surface area contributed by atoms with Crippen LogP contribution in [0.25, 0.3) is 11.4 Å². The van der Waals surface area contributed by atoms with Gasteiger partial charge < -0.3 is 13.8 Å². The van der Waals surface area contributed by atoms with Crippen LogP contribution in [0.2, 0.25) is 0 Å². The Labute approximate surface area is 167 Å². The fourth-order valence-electron chi connectivity index (χ4n) is 3.21. The third kappa shape index (κ3) is 4.06. The van der Waals surface area contributed by atoms with Gasteiger partial charge in [0.2, 0.25) is 17.6 Å². The van der Waals surface area contributed by atoms with Crippen molar-refractivity contribution < 1.29 is 18.1 Å². The summed E-state index contributed by atoms with van der Waals surface area (Å²) in [5.74, 6) is 1.63. The molecule has 0 N–H and O–H groups in total. The number of rotatable bonds is 4. The first-order chi connectivity index (χ1) is 13.8. The summed E-state index contributed by atoms with van der Waals surface area (Å²) < 4.78 is 24.9. The van der Waals surface area contributed by atoms with Crippen molar-refractivity contribution in [3.8, 4) is 11.4 Å². The van der Waals surface area contributed by atoms with Crippen LogP contribution in [0.3, 0.4) is 0 Å². The van der Waals surface area contributed by atoms with Crippen molar-refractivity contribution in [1.82, 2.24) is 20.0 Å². The van der Waals surface area contributed by atoms with Crippen molar-refractivity contribution in [2.75, 3.05) is 6.54 Å². The highest BCUT2D eigenvalue weighted by Crippen LogP contribution is 2.27. The van der Waals surface area contributed by atoms with Crippen LogP contribution >= 0.6 is 0 Å². The maximum Gasteiger partial charge on any atom is 0.227 e. The van der Waals surface area contributed by atoms with Crippen LogP contribution in [0.5, 0.6) is 0 Å². The molecule has 0 radical (unpaired) electrons. The van der Waals surface area contributed by atoms with Crippen molar-refractivity contribution in [1.29, 1.82) is 0 Å². The van der Waals surface area contributed by atoms with E-state index in [-0.39, 0.29) is 29.1 Å². The number of amides is 1. The number of aryl methyl sites for hydroxylation is 1. The molecule has 0 bridgehead atoms. The maximum absolute atomic E-state index is 13.8. The number of hydrogen-bond donors (Lipinski definition) is 0. The van der Waals surface area contributed by atoms with E-state index in [1.165, 1.54) is 6.07 Å². The summed E-state index contributed by atoms with van der Waals surface area (Å²) in [5.41, 5.74) is 0.937. The lowest BCUT2D eigenvalue weighted by atomic mass is 9.97. The smallest absolute Gasteiger partial charge is 0.227 e. The Balaban J connectivity index is 1.37. The van der Waals surface area contributed by atoms with Crippen LogP contribution in [0, 0.1) is 5.82 Å². The minimum Gasteiger partial charge on any atom is -0.445 e. The molecule has 3 heterocycles. The second-order valence-electron chi connectivity index (χ2n) is 8.20. The van der Waals surface area contributed by atoms with Gasteiger partial charge in [0.05, 0.1) is 12.1 Å². The molecule has 0 unspecified atom stereocenters. The van der Waals surface area contributed by atoms with Crippen LogP contribution in [-0.4, -0.2) is 32.5 Å². The molecular formula is C21H23FN4O3. The number of nitrogens with zero attached hydrogens (tertiary/aromatic N) is 4. The highest BCUT2D eigenvalue weighted by molar-refractivity contribution is 5.76. The zero-order valence-electron chi connectivity index (χ0n) is 16.7. The number of hydrogen-bond acceptors (Lipinski definition) is 6. The molecule has 7 nitrogen and oxygen atoms in total. The molecule has 1 aliphatic rings. The Morgan fingerprint density at radius 1 is 1.24 bits per heavy atom. The maximum atomic E-state index is 13.8. The summed E-state index contributed by atoms with van der Waals surface area (Å²) in [5, 5.41) is 3.82. The third-order valence-corrected chi connectivity index (χ3v) is 4.86. The quantitative estimate of drug-likeness (QED) is 0.666. The minimum atomic E-state index is -0.415. The van der Waals surface area contributed by atoms with Gasteiger partial charge in [0.25, 0.3) is 0 Å². The predicted octanol–water partition coefficient (Wildman–Crippen LogP) is 3.68. The monoisotopic (exact) mass is 398 g/mol. The molecule has 0 aliphatic carbocycles. The molecule has 0 fully saturated rings. The summed E-state index contributed by atoms with van der Waals surface area (Å²) in [6.45, 7) is 7.18. The van der Waals surface area contributed by atoms with E-state index in [9.17, 15) is 9.18 Å². The first-order valence-corrected chi connectivity index (χ1v) is 9.65. The average Bonchev–Trinajstić information content (AvgIpc) is 3.32. The summed E-state index contributed by atoms with van der Waals surface area (Å²) in [7, 11) is 0. The van der Waals surface area contributed by atoms with E-state index in [1.54, 1.807) is 23.1 Å². The largest absolute Gasteiger partial charge is 0.445 e. The Bertz CT molecular complexity index is 1030. The molecule has 2 aromatic heterocycles. The lowest BCUT2D eigenvalue weighted by Crippen LogP contribution is -2.36. The molecule has 29 heavy (non-hydrogen) atoms. The number of carbonyl (C=O) groups excluding carboxylic acids is 1. The molecule has 1 aromatic carbocycles. The van der Waals surface area contributed by atoms with E-state index in [1.807, 2.05) is 20.8 Å². The molecule has 0 spiro atoms. The van der Waals surface area contributed by atoms with Crippen molar-refractivity contribution in [2.24, 2.45) is 0 Å². The lowest BCUT2D eigenvalue weighted by Gasteiger charge is -2.25. The minimum absolute atomic E-state index is 0.0124. The lowest BCUT2D eigenvalue weighted by molar-refractivity contribution is -0.132. The Kier molecular flexibility index (Phi) is 4.94. The fraction of sp³-hybridized carbons (Fsp3) is 0.429. The molecule has 0 saturated carbocycles. The van der Waals surface area contributed by atoms with Crippen LogP contribution in [-0.2, 0) is 29.6 Å². The molecule has 4 rings (SSSR count). The molecular weight excluding hydrogens is 375 g/mol. The van der Waals surface area contributed by atoms with Gasteiger partial charge in [0.15, 0.2) is 5.89 Å². The molecule has 1 amide bonds. The molecule has 1 aliphatic heterocycles. The number of halogens is 1. The Morgan fingerprint density at radius 2 is 2.03 bits per heavy atom. The summed E-state index contributed by atoms with van der Waals surface area (Å²) in [4.78, 5) is 23.2. The zero-order chi connectivity index (χ0) is 20.6. The number of fused-ring (bicyclic) bond motifs is 1. The first kappa shape index (κ1) is 19.3. The average molecular weight is 398 g/mol. The summed E-state index contributed by atoms with van der Waals surface area (Å²) >= 11 is 0. The van der Waals surface area contributed by atoms with Crippen molar-refractivity contribution in [2.45, 2.75) is 52.0 Å². The first-order valence-electron chi connectivity index (χ1n) is 9.65. The van der Waals surface area contributed by atoms with Gasteiger partial charge in [-0.3, -0.25) is 4.79 Å². The van der Waals surface area contributed by atoms with E-state index >= 15 is 0 Å². The SMILES string of the molecule is CC(C)(C)c1nc2c(o1)CCN(C(=O)CCc1nc(-c3ccccc3F)no1)C2. The number of carbonyl (C=O) groups is 1. The highest BCUT2D eigenvalue weighted by atomic mass is 19.1. The van der Waals surface area contributed by atoms with Crippen LogP contribution < -0.4 is 0 Å². The summed E-state index contributed by atoms with van der Waals surface area (Å²) in [6, 6.07) is 6.23. The predicted molar refractivity (Wildman–Crippen MR) is 102 cm³/mol. The third-order valence-electron chi connectivity index (χ3n) is 4.86. The van der Waals surface area contributed by atoms with Gasteiger partial charge in [-0.25, -0.2) is 9.37 Å². The van der Waals surface area contributed by atoms with Gasteiger partial charge in [-0.15, -0.1) is 0 Å². The second-order valence-corrected chi connectivity index (χ2v) is 8.20. The number of aromatic nitrogens is 3. The van der Waals surface area contributed by atoms with E-state index in [0.717, 1.165) is 11.5 Å². The number of benzene rings is 1. The topological polar surface area (TPSA) is 85.3 Å². The molecule has 0 saturated heterocycles. The van der Waals surface area contributed by atoms with Crippen molar-refractivity contribution in [3.63, 3.8) is 0 Å². The van der Waals surface area contributed by atoms with Crippen molar-refractivity contribution in [3.05, 3.63) is 53.3 Å².